The second-order valence-corrected chi connectivity index (χ2v) is 9.07. The Morgan fingerprint density at radius 3 is 2.44 bits per heavy atom. The first kappa shape index (κ1) is 19.4. The molecule has 3 rings (SSSR count). The van der Waals surface area contributed by atoms with Crippen molar-refractivity contribution in [2.75, 3.05) is 11.4 Å². The third-order valence-electron chi connectivity index (χ3n) is 5.07. The van der Waals surface area contributed by atoms with Gasteiger partial charge in [-0.1, -0.05) is 37.0 Å². The van der Waals surface area contributed by atoms with E-state index >= 15 is 0 Å². The topological polar surface area (TPSA) is 84.3 Å². The van der Waals surface area contributed by atoms with Gasteiger partial charge < -0.3 is 5.32 Å². The second-order valence-electron chi connectivity index (χ2n) is 7.10. The number of sulfonamides is 1. The average molecular weight is 391 g/mol. The quantitative estimate of drug-likeness (QED) is 0.850. The number of aryl methyl sites for hydroxylation is 2. The molecule has 1 aliphatic rings. The number of nitrogens with one attached hydrogen (secondary N) is 1. The summed E-state index contributed by atoms with van der Waals surface area (Å²) in [7, 11) is -0.717. The van der Waals surface area contributed by atoms with Crippen LogP contribution in [0, 0.1) is 6.92 Å². The van der Waals surface area contributed by atoms with Gasteiger partial charge >= 0.3 is 0 Å². The Bertz CT molecular complexity index is 913. The molecular weight excluding hydrogens is 364 g/mol. The zero-order chi connectivity index (χ0) is 19.6. The Labute approximate surface area is 160 Å². The SMILES string of the molecule is Cc1ccc(S(=O)(=O)N(C)c2c(C(=O)NC3CCCCC3)cnn2C)cc1. The molecule has 146 valence electrons. The highest BCUT2D eigenvalue weighted by atomic mass is 32.2. The van der Waals surface area contributed by atoms with Crippen LogP contribution in [0.2, 0.25) is 0 Å². The summed E-state index contributed by atoms with van der Waals surface area (Å²) in [6.45, 7) is 1.90. The number of aromatic nitrogens is 2. The van der Waals surface area contributed by atoms with E-state index in [-0.39, 0.29) is 28.2 Å². The maximum atomic E-state index is 13.0. The lowest BCUT2D eigenvalue weighted by Crippen LogP contribution is -2.37. The summed E-state index contributed by atoms with van der Waals surface area (Å²) >= 11 is 0. The van der Waals surface area contributed by atoms with Crippen molar-refractivity contribution in [2.45, 2.75) is 50.0 Å². The molecule has 1 saturated carbocycles. The zero-order valence-corrected chi connectivity index (χ0v) is 16.8. The molecule has 0 unspecified atom stereocenters. The Morgan fingerprint density at radius 2 is 1.81 bits per heavy atom. The first-order valence-corrected chi connectivity index (χ1v) is 10.6. The molecule has 1 aromatic carbocycles. The van der Waals surface area contributed by atoms with Gasteiger partial charge in [-0.3, -0.25) is 13.8 Å². The Balaban J connectivity index is 1.88. The van der Waals surface area contributed by atoms with Crippen molar-refractivity contribution in [2.24, 2.45) is 7.05 Å². The first-order valence-electron chi connectivity index (χ1n) is 9.19. The molecule has 0 spiro atoms. The molecule has 1 N–H and O–H groups in total. The van der Waals surface area contributed by atoms with E-state index in [4.69, 9.17) is 0 Å². The van der Waals surface area contributed by atoms with Gasteiger partial charge in [-0.25, -0.2) is 8.42 Å². The fourth-order valence-corrected chi connectivity index (χ4v) is 4.70. The summed E-state index contributed by atoms with van der Waals surface area (Å²) in [5.41, 5.74) is 1.24. The summed E-state index contributed by atoms with van der Waals surface area (Å²) in [6, 6.07) is 6.78. The van der Waals surface area contributed by atoms with E-state index in [9.17, 15) is 13.2 Å². The van der Waals surface area contributed by atoms with E-state index in [1.165, 1.54) is 24.3 Å². The van der Waals surface area contributed by atoms with Crippen molar-refractivity contribution in [1.82, 2.24) is 15.1 Å². The van der Waals surface area contributed by atoms with Crippen LogP contribution >= 0.6 is 0 Å². The van der Waals surface area contributed by atoms with Crippen LogP contribution in [0.5, 0.6) is 0 Å². The minimum Gasteiger partial charge on any atom is -0.349 e. The highest BCUT2D eigenvalue weighted by molar-refractivity contribution is 7.92. The molecule has 0 saturated heterocycles. The number of amides is 1. The lowest BCUT2D eigenvalue weighted by Gasteiger charge is -2.24. The molecular formula is C19H26N4O3S. The molecule has 8 heteroatoms. The third-order valence-corrected chi connectivity index (χ3v) is 6.83. The predicted molar refractivity (Wildman–Crippen MR) is 104 cm³/mol. The molecule has 0 bridgehead atoms. The van der Waals surface area contributed by atoms with Crippen molar-refractivity contribution in [3.8, 4) is 0 Å². The minimum atomic E-state index is -3.80. The van der Waals surface area contributed by atoms with E-state index < -0.39 is 10.0 Å². The van der Waals surface area contributed by atoms with Gasteiger partial charge in [0.15, 0.2) is 5.82 Å². The monoisotopic (exact) mass is 390 g/mol. The van der Waals surface area contributed by atoms with Gasteiger partial charge in [-0.15, -0.1) is 0 Å². The van der Waals surface area contributed by atoms with Gasteiger partial charge in [0.25, 0.3) is 15.9 Å². The normalized spacial score (nSPS) is 15.5. The summed E-state index contributed by atoms with van der Waals surface area (Å²) < 4.78 is 28.6. The van der Waals surface area contributed by atoms with E-state index in [0.717, 1.165) is 35.6 Å². The first-order chi connectivity index (χ1) is 12.8. The van der Waals surface area contributed by atoms with E-state index in [1.54, 1.807) is 31.3 Å². The molecule has 0 radical (unpaired) electrons. The molecule has 7 nitrogen and oxygen atoms in total. The third kappa shape index (κ3) is 4.00. The molecule has 1 fully saturated rings. The molecule has 0 aliphatic heterocycles. The lowest BCUT2D eigenvalue weighted by molar-refractivity contribution is 0.0928. The molecule has 1 heterocycles. The maximum Gasteiger partial charge on any atom is 0.265 e. The number of benzene rings is 1. The minimum absolute atomic E-state index is 0.137. The fraction of sp³-hybridized carbons (Fsp3) is 0.474. The van der Waals surface area contributed by atoms with Crippen molar-refractivity contribution < 1.29 is 13.2 Å². The smallest absolute Gasteiger partial charge is 0.265 e. The number of carbonyl (C=O) groups excluding carboxylic acids is 1. The van der Waals surface area contributed by atoms with Crippen LogP contribution in [0.4, 0.5) is 5.82 Å². The van der Waals surface area contributed by atoms with Gasteiger partial charge in [0.05, 0.1) is 11.1 Å². The number of hydrogen-bond donors (Lipinski definition) is 1. The summed E-state index contributed by atoms with van der Waals surface area (Å²) in [4.78, 5) is 13.0. The van der Waals surface area contributed by atoms with Crippen LogP contribution in [-0.2, 0) is 17.1 Å². The number of hydrogen-bond acceptors (Lipinski definition) is 4. The van der Waals surface area contributed by atoms with Crippen LogP contribution in [0.15, 0.2) is 35.4 Å². The molecule has 1 amide bonds. The van der Waals surface area contributed by atoms with Crippen molar-refractivity contribution in [3.05, 3.63) is 41.6 Å². The Morgan fingerprint density at radius 1 is 1.19 bits per heavy atom. The Kier molecular flexibility index (Phi) is 5.55. The van der Waals surface area contributed by atoms with E-state index in [1.807, 2.05) is 6.92 Å². The number of anilines is 1. The van der Waals surface area contributed by atoms with E-state index in [0.29, 0.717) is 0 Å². The van der Waals surface area contributed by atoms with Crippen molar-refractivity contribution >= 4 is 21.7 Å². The maximum absolute atomic E-state index is 13.0. The standard InChI is InChI=1S/C19H26N4O3S/c1-14-9-11-16(12-10-14)27(25,26)23(3)19-17(13-20-22(19)2)18(24)21-15-7-5-4-6-8-15/h9-13,15H,4-8H2,1-3H3,(H,21,24). The Hall–Kier alpha value is -2.35. The fourth-order valence-electron chi connectivity index (χ4n) is 3.46. The molecule has 1 aliphatic carbocycles. The van der Waals surface area contributed by atoms with E-state index in [2.05, 4.69) is 10.4 Å². The van der Waals surface area contributed by atoms with Gasteiger partial charge in [0.1, 0.15) is 5.56 Å². The molecule has 27 heavy (non-hydrogen) atoms. The summed E-state index contributed by atoms with van der Waals surface area (Å²) in [6.07, 6.45) is 6.74. The largest absolute Gasteiger partial charge is 0.349 e. The predicted octanol–water partition coefficient (Wildman–Crippen LogP) is 2.62. The van der Waals surface area contributed by atoms with Gasteiger partial charge in [-0.05, 0) is 31.9 Å². The summed E-state index contributed by atoms with van der Waals surface area (Å²) in [5.74, 6) is -0.0279. The number of nitrogens with zero attached hydrogens (tertiary/aromatic N) is 3. The van der Waals surface area contributed by atoms with Crippen molar-refractivity contribution in [1.29, 1.82) is 0 Å². The van der Waals surface area contributed by atoms with Gasteiger partial charge in [0, 0.05) is 20.1 Å². The van der Waals surface area contributed by atoms with Crippen molar-refractivity contribution in [3.63, 3.8) is 0 Å². The second kappa shape index (κ2) is 7.72. The molecule has 0 atom stereocenters. The zero-order valence-electron chi connectivity index (χ0n) is 16.0. The highest BCUT2D eigenvalue weighted by Crippen LogP contribution is 2.26. The van der Waals surface area contributed by atoms with Crippen LogP contribution in [0.1, 0.15) is 48.0 Å². The molecule has 1 aromatic heterocycles. The highest BCUT2D eigenvalue weighted by Gasteiger charge is 2.29. The van der Waals surface area contributed by atoms with Crippen LogP contribution in [0.3, 0.4) is 0 Å². The number of rotatable bonds is 5. The lowest BCUT2D eigenvalue weighted by atomic mass is 9.95. The average Bonchev–Trinajstić information content (AvgIpc) is 3.03. The van der Waals surface area contributed by atoms with Gasteiger partial charge in [-0.2, -0.15) is 5.10 Å². The van der Waals surface area contributed by atoms with Crippen LogP contribution in [-0.4, -0.2) is 37.2 Å². The summed E-state index contributed by atoms with van der Waals surface area (Å²) in [5, 5.41) is 7.15. The van der Waals surface area contributed by atoms with Crippen LogP contribution < -0.4 is 9.62 Å². The molecule has 2 aromatic rings. The van der Waals surface area contributed by atoms with Gasteiger partial charge in [0.2, 0.25) is 0 Å². The van der Waals surface area contributed by atoms with Crippen LogP contribution in [0.25, 0.3) is 0 Å². The number of carbonyl (C=O) groups is 1.